The molecule has 2 atom stereocenters. The fraction of sp³-hybridized carbons (Fsp3) is 0.450. The van der Waals surface area contributed by atoms with Crippen LogP contribution in [0.2, 0.25) is 5.02 Å². The maximum Gasteiger partial charge on any atom is 0.241 e. The van der Waals surface area contributed by atoms with E-state index in [2.05, 4.69) is 20.8 Å². The van der Waals surface area contributed by atoms with Crippen LogP contribution >= 0.6 is 11.6 Å². The van der Waals surface area contributed by atoms with Crippen molar-refractivity contribution >= 4 is 17.5 Å². The molecule has 2 aliphatic rings. The van der Waals surface area contributed by atoms with Crippen LogP contribution in [0.25, 0.3) is 0 Å². The van der Waals surface area contributed by atoms with Crippen molar-refractivity contribution in [1.29, 1.82) is 0 Å². The van der Waals surface area contributed by atoms with Crippen molar-refractivity contribution in [3.63, 3.8) is 0 Å². The molecule has 7 nitrogen and oxygen atoms in total. The van der Waals surface area contributed by atoms with Gasteiger partial charge in [0, 0.05) is 49.0 Å². The van der Waals surface area contributed by atoms with Gasteiger partial charge in [-0.15, -0.1) is 0 Å². The number of hydrogen-bond acceptors (Lipinski definition) is 6. The molecule has 2 saturated heterocycles. The van der Waals surface area contributed by atoms with Crippen LogP contribution < -0.4 is 15.6 Å². The van der Waals surface area contributed by atoms with Gasteiger partial charge < -0.3 is 9.64 Å². The second-order valence-corrected chi connectivity index (χ2v) is 7.76. The zero-order valence-electron chi connectivity index (χ0n) is 15.8. The van der Waals surface area contributed by atoms with Crippen LogP contribution in [0.1, 0.15) is 31.4 Å². The number of nitrogens with one attached hydrogen (secondary N) is 2. The summed E-state index contributed by atoms with van der Waals surface area (Å²) in [6, 6.07) is 7.35. The van der Waals surface area contributed by atoms with Crippen LogP contribution in [-0.2, 0) is 4.79 Å². The minimum atomic E-state index is -0.00290. The smallest absolute Gasteiger partial charge is 0.241 e. The summed E-state index contributed by atoms with van der Waals surface area (Å²) in [4.78, 5) is 23.7. The Bertz CT molecular complexity index is 824. The molecule has 0 spiro atoms. The second-order valence-electron chi connectivity index (χ2n) is 7.32. The molecular formula is C20H24ClN5O2. The molecule has 3 heterocycles. The lowest BCUT2D eigenvalue weighted by Gasteiger charge is -2.34. The highest BCUT2D eigenvalue weighted by Crippen LogP contribution is 2.34. The Morgan fingerprint density at radius 3 is 2.57 bits per heavy atom. The van der Waals surface area contributed by atoms with E-state index in [-0.39, 0.29) is 23.8 Å². The molecule has 2 fully saturated rings. The standard InChI is InChI=1S/C20H24ClN5O2/c1-13-17(12-24-25-13)20(27)26-10-6-14(7-11-26)18-19(23-9-8-22-18)28-16-4-2-15(21)3-5-16/h2-5,8-9,13-14,17,24-25H,6-7,10-12H2,1H3. The van der Waals surface area contributed by atoms with Gasteiger partial charge in [0.25, 0.3) is 0 Å². The summed E-state index contributed by atoms with van der Waals surface area (Å²) in [6.45, 7) is 4.17. The lowest BCUT2D eigenvalue weighted by Crippen LogP contribution is -2.44. The summed E-state index contributed by atoms with van der Waals surface area (Å²) in [5.74, 6) is 1.64. The molecular weight excluding hydrogens is 378 g/mol. The summed E-state index contributed by atoms with van der Waals surface area (Å²) >= 11 is 5.94. The van der Waals surface area contributed by atoms with Crippen molar-refractivity contribution in [1.82, 2.24) is 25.7 Å². The first-order valence-corrected chi connectivity index (χ1v) is 10.0. The van der Waals surface area contributed by atoms with E-state index >= 15 is 0 Å². The van der Waals surface area contributed by atoms with E-state index in [1.54, 1.807) is 24.5 Å². The van der Waals surface area contributed by atoms with E-state index in [1.807, 2.05) is 24.0 Å². The quantitative estimate of drug-likeness (QED) is 0.820. The molecule has 2 aliphatic heterocycles. The van der Waals surface area contributed by atoms with Crippen LogP contribution in [0.5, 0.6) is 11.6 Å². The van der Waals surface area contributed by atoms with E-state index in [9.17, 15) is 4.79 Å². The number of halogens is 1. The number of benzene rings is 1. The first-order valence-electron chi connectivity index (χ1n) is 9.63. The van der Waals surface area contributed by atoms with Gasteiger partial charge >= 0.3 is 0 Å². The summed E-state index contributed by atoms with van der Waals surface area (Å²) in [5.41, 5.74) is 7.04. The Labute approximate surface area is 169 Å². The van der Waals surface area contributed by atoms with E-state index in [0.29, 0.717) is 23.2 Å². The molecule has 4 rings (SSSR count). The molecule has 2 aromatic rings. The molecule has 1 amide bonds. The third-order valence-corrected chi connectivity index (χ3v) is 5.74. The lowest BCUT2D eigenvalue weighted by atomic mass is 9.92. The molecule has 8 heteroatoms. The van der Waals surface area contributed by atoms with E-state index in [0.717, 1.165) is 31.6 Å². The van der Waals surface area contributed by atoms with E-state index in [1.165, 1.54) is 0 Å². The summed E-state index contributed by atoms with van der Waals surface area (Å²) < 4.78 is 5.96. The number of carbonyl (C=O) groups excluding carboxylic acids is 1. The lowest BCUT2D eigenvalue weighted by molar-refractivity contribution is -0.136. The van der Waals surface area contributed by atoms with Gasteiger partial charge in [0.1, 0.15) is 11.4 Å². The number of carbonyl (C=O) groups is 1. The SMILES string of the molecule is CC1NNCC1C(=O)N1CCC(c2nccnc2Oc2ccc(Cl)cc2)CC1. The van der Waals surface area contributed by atoms with Crippen molar-refractivity contribution < 1.29 is 9.53 Å². The molecule has 1 aromatic heterocycles. The number of ether oxygens (including phenoxy) is 1. The number of nitrogens with zero attached hydrogens (tertiary/aromatic N) is 3. The van der Waals surface area contributed by atoms with E-state index < -0.39 is 0 Å². The fourth-order valence-electron chi connectivity index (χ4n) is 3.83. The molecule has 28 heavy (non-hydrogen) atoms. The van der Waals surface area contributed by atoms with Crippen LogP contribution in [0.3, 0.4) is 0 Å². The Balaban J connectivity index is 1.42. The van der Waals surface area contributed by atoms with Gasteiger partial charge in [-0.2, -0.15) is 0 Å². The summed E-state index contributed by atoms with van der Waals surface area (Å²) in [7, 11) is 0. The first-order chi connectivity index (χ1) is 13.6. The van der Waals surface area contributed by atoms with Gasteiger partial charge in [0.05, 0.1) is 5.92 Å². The normalized spacial score (nSPS) is 23.0. The van der Waals surface area contributed by atoms with E-state index in [4.69, 9.17) is 16.3 Å². The zero-order valence-corrected chi connectivity index (χ0v) is 16.5. The monoisotopic (exact) mass is 401 g/mol. The fourth-order valence-corrected chi connectivity index (χ4v) is 3.95. The number of likely N-dealkylation sites (tertiary alicyclic amines) is 1. The number of aromatic nitrogens is 2. The Morgan fingerprint density at radius 1 is 1.18 bits per heavy atom. The number of piperidine rings is 1. The number of amides is 1. The molecule has 0 saturated carbocycles. The van der Waals surface area contributed by atoms with Gasteiger partial charge in [-0.25, -0.2) is 4.98 Å². The highest BCUT2D eigenvalue weighted by molar-refractivity contribution is 6.30. The third-order valence-electron chi connectivity index (χ3n) is 5.49. The molecule has 148 valence electrons. The number of rotatable bonds is 4. The maximum atomic E-state index is 12.8. The van der Waals surface area contributed by atoms with Gasteiger partial charge in [0.2, 0.25) is 11.8 Å². The predicted octanol–water partition coefficient (Wildman–Crippen LogP) is 2.74. The zero-order chi connectivity index (χ0) is 19.5. The highest BCUT2D eigenvalue weighted by atomic mass is 35.5. The van der Waals surface area contributed by atoms with Crippen molar-refractivity contribution in [2.24, 2.45) is 5.92 Å². The van der Waals surface area contributed by atoms with Crippen molar-refractivity contribution in [3.05, 3.63) is 47.4 Å². The van der Waals surface area contributed by atoms with Crippen molar-refractivity contribution in [2.75, 3.05) is 19.6 Å². The van der Waals surface area contributed by atoms with Crippen molar-refractivity contribution in [2.45, 2.75) is 31.7 Å². The van der Waals surface area contributed by atoms with Crippen LogP contribution in [0, 0.1) is 5.92 Å². The maximum absolute atomic E-state index is 12.8. The Hall–Kier alpha value is -2.22. The number of hydrogen-bond donors (Lipinski definition) is 2. The Kier molecular flexibility index (Phi) is 5.75. The topological polar surface area (TPSA) is 79.4 Å². The average Bonchev–Trinajstić information content (AvgIpc) is 3.16. The van der Waals surface area contributed by atoms with Gasteiger partial charge in [-0.3, -0.25) is 20.6 Å². The van der Waals surface area contributed by atoms with Crippen LogP contribution in [0.15, 0.2) is 36.7 Å². The molecule has 0 bridgehead atoms. The second kappa shape index (κ2) is 8.43. The van der Waals surface area contributed by atoms with Crippen LogP contribution in [0.4, 0.5) is 0 Å². The Morgan fingerprint density at radius 2 is 1.89 bits per heavy atom. The van der Waals surface area contributed by atoms with Gasteiger partial charge in [-0.05, 0) is 44.0 Å². The minimum absolute atomic E-state index is 0.00290. The summed E-state index contributed by atoms with van der Waals surface area (Å²) in [6.07, 6.45) is 5.03. The largest absolute Gasteiger partial charge is 0.437 e. The number of hydrazine groups is 1. The molecule has 0 radical (unpaired) electrons. The average molecular weight is 402 g/mol. The molecule has 2 unspecified atom stereocenters. The van der Waals surface area contributed by atoms with Crippen LogP contribution in [-0.4, -0.2) is 46.5 Å². The molecule has 1 aromatic carbocycles. The van der Waals surface area contributed by atoms with Crippen molar-refractivity contribution in [3.8, 4) is 11.6 Å². The highest BCUT2D eigenvalue weighted by Gasteiger charge is 2.35. The van der Waals surface area contributed by atoms with Gasteiger partial charge in [0.15, 0.2) is 0 Å². The summed E-state index contributed by atoms with van der Waals surface area (Å²) in [5, 5.41) is 0.658. The predicted molar refractivity (Wildman–Crippen MR) is 106 cm³/mol. The van der Waals surface area contributed by atoms with Gasteiger partial charge in [-0.1, -0.05) is 11.6 Å². The first kappa shape index (κ1) is 19.1. The minimum Gasteiger partial charge on any atom is -0.437 e. The third kappa shape index (κ3) is 4.11. The molecule has 2 N–H and O–H groups in total. The molecule has 0 aliphatic carbocycles.